The van der Waals surface area contributed by atoms with E-state index in [0.717, 1.165) is 33.9 Å². The molecule has 1 aromatic heterocycles. The highest BCUT2D eigenvalue weighted by atomic mass is 32.3. The molecule has 0 radical (unpaired) electrons. The molecular formula is C20H25N4O5S2+. The number of aryl methyl sites for hydroxylation is 1. The number of benzene rings is 2. The van der Waals surface area contributed by atoms with Crippen LogP contribution in [-0.4, -0.2) is 42.3 Å². The van der Waals surface area contributed by atoms with Crippen LogP contribution >= 0.6 is 11.3 Å². The van der Waals surface area contributed by atoms with Gasteiger partial charge in [-0.25, -0.2) is 8.75 Å². The van der Waals surface area contributed by atoms with E-state index in [0.29, 0.717) is 18.8 Å². The molecule has 2 aromatic carbocycles. The van der Waals surface area contributed by atoms with Crippen LogP contribution in [0.2, 0.25) is 0 Å². The Hall–Kier alpha value is -2.60. The fourth-order valence-corrected chi connectivity index (χ4v) is 4.31. The van der Waals surface area contributed by atoms with Gasteiger partial charge in [-0.15, -0.1) is 0 Å². The normalized spacial score (nSPS) is 12.0. The lowest BCUT2D eigenvalue weighted by molar-refractivity contribution is -0.627. The number of methoxy groups -OCH3 is 1. The van der Waals surface area contributed by atoms with Crippen molar-refractivity contribution in [2.45, 2.75) is 6.92 Å². The maximum absolute atomic E-state index is 11.3. The third kappa shape index (κ3) is 5.76. The molecule has 0 saturated carbocycles. The number of ether oxygens (including phenoxy) is 1. The number of aromatic nitrogens is 1. The summed E-state index contributed by atoms with van der Waals surface area (Å²) in [5.41, 5.74) is 2.71. The Labute approximate surface area is 185 Å². The van der Waals surface area contributed by atoms with E-state index in [2.05, 4.69) is 14.4 Å². The molecule has 0 saturated heterocycles. The summed E-state index contributed by atoms with van der Waals surface area (Å²) in [7, 11) is 0.738. The average molecular weight is 466 g/mol. The number of azo groups is 1. The van der Waals surface area contributed by atoms with E-state index in [1.807, 2.05) is 65.9 Å². The highest BCUT2D eigenvalue weighted by Gasteiger charge is 2.17. The Balaban J connectivity index is 1.69. The second-order valence-electron chi connectivity index (χ2n) is 6.47. The average Bonchev–Trinajstić information content (AvgIpc) is 3.10. The monoisotopic (exact) mass is 465 g/mol. The molecule has 9 nitrogen and oxygen atoms in total. The lowest BCUT2D eigenvalue weighted by Crippen LogP contribution is -2.28. The Kier molecular flexibility index (Phi) is 7.55. The van der Waals surface area contributed by atoms with Crippen molar-refractivity contribution in [3.05, 3.63) is 42.5 Å². The van der Waals surface area contributed by atoms with Gasteiger partial charge in [0.1, 0.15) is 17.0 Å². The minimum absolute atomic E-state index is 0.00129. The van der Waals surface area contributed by atoms with Crippen molar-refractivity contribution >= 4 is 48.5 Å². The quantitative estimate of drug-likeness (QED) is 0.333. The summed E-state index contributed by atoms with van der Waals surface area (Å²) in [6, 6.07) is 13.5. The second-order valence-corrected chi connectivity index (χ2v) is 8.86. The van der Waals surface area contributed by atoms with E-state index in [4.69, 9.17) is 8.92 Å². The van der Waals surface area contributed by atoms with Crippen molar-refractivity contribution in [2.24, 2.45) is 17.3 Å². The first-order valence-electron chi connectivity index (χ1n) is 9.55. The number of rotatable bonds is 10. The van der Waals surface area contributed by atoms with Crippen LogP contribution in [0.25, 0.3) is 10.2 Å². The predicted molar refractivity (Wildman–Crippen MR) is 120 cm³/mol. The highest BCUT2D eigenvalue weighted by Crippen LogP contribution is 2.30. The third-order valence-electron chi connectivity index (χ3n) is 4.66. The number of hydrogen-bond acceptors (Lipinski definition) is 9. The van der Waals surface area contributed by atoms with E-state index in [-0.39, 0.29) is 6.61 Å². The van der Waals surface area contributed by atoms with E-state index >= 15 is 0 Å². The van der Waals surface area contributed by atoms with Crippen molar-refractivity contribution in [1.82, 2.24) is 0 Å². The summed E-state index contributed by atoms with van der Waals surface area (Å²) in [5.74, 6) is 0.805. The lowest BCUT2D eigenvalue weighted by Gasteiger charge is -2.22. The molecule has 0 amide bonds. The van der Waals surface area contributed by atoms with Crippen LogP contribution in [0, 0.1) is 0 Å². The Morgan fingerprint density at radius 1 is 1.10 bits per heavy atom. The molecule has 11 heteroatoms. The van der Waals surface area contributed by atoms with Crippen LogP contribution in [0.15, 0.2) is 52.7 Å². The largest absolute Gasteiger partial charge is 0.497 e. The van der Waals surface area contributed by atoms with Crippen LogP contribution in [0.5, 0.6) is 5.75 Å². The van der Waals surface area contributed by atoms with Crippen LogP contribution < -0.4 is 14.2 Å². The minimum atomic E-state index is -3.93. The van der Waals surface area contributed by atoms with Crippen LogP contribution in [0.3, 0.4) is 0 Å². The Bertz CT molecular complexity index is 1160. The topological polar surface area (TPSA) is 93.7 Å². The number of nitrogens with zero attached hydrogens (tertiary/aromatic N) is 4. The van der Waals surface area contributed by atoms with Crippen molar-refractivity contribution < 1.29 is 26.1 Å². The summed E-state index contributed by atoms with van der Waals surface area (Å²) in [5, 5.41) is 9.53. The molecule has 3 rings (SSSR count). The maximum atomic E-state index is 11.3. The van der Waals surface area contributed by atoms with Gasteiger partial charge in [0.2, 0.25) is 0 Å². The van der Waals surface area contributed by atoms with Gasteiger partial charge in [-0.3, -0.25) is 4.18 Å². The molecule has 31 heavy (non-hydrogen) atoms. The Morgan fingerprint density at radius 3 is 2.48 bits per heavy atom. The second kappa shape index (κ2) is 10.1. The zero-order valence-corrected chi connectivity index (χ0v) is 19.4. The smallest absolute Gasteiger partial charge is 0.409 e. The molecule has 1 heterocycles. The molecule has 0 aliphatic carbocycles. The zero-order valence-electron chi connectivity index (χ0n) is 17.8. The van der Waals surface area contributed by atoms with Gasteiger partial charge >= 0.3 is 15.5 Å². The fraction of sp³-hybridized carbons (Fsp3) is 0.350. The lowest BCUT2D eigenvalue weighted by atomic mass is 10.2. The summed E-state index contributed by atoms with van der Waals surface area (Å²) in [6.45, 7) is 3.08. The highest BCUT2D eigenvalue weighted by molar-refractivity contribution is 7.81. The first kappa shape index (κ1) is 23.1. The van der Waals surface area contributed by atoms with Gasteiger partial charge in [-0.1, -0.05) is 0 Å². The van der Waals surface area contributed by atoms with E-state index in [1.165, 1.54) is 11.3 Å². The molecule has 166 valence electrons. The third-order valence-corrected chi connectivity index (χ3v) is 6.61. The minimum Gasteiger partial charge on any atom is -0.497 e. The van der Waals surface area contributed by atoms with Gasteiger partial charge in [-0.05, 0) is 59.8 Å². The van der Waals surface area contributed by atoms with Gasteiger partial charge < -0.3 is 9.64 Å². The zero-order chi connectivity index (χ0) is 22.4. The van der Waals surface area contributed by atoms with E-state index < -0.39 is 10.4 Å². The number of likely N-dealkylation sites (N-methyl/N-ethyl adjacent to an activating group) is 1. The van der Waals surface area contributed by atoms with Gasteiger partial charge in [0.05, 0.1) is 37.7 Å². The molecule has 0 aliphatic rings. The van der Waals surface area contributed by atoms with Crippen molar-refractivity contribution in [1.29, 1.82) is 0 Å². The molecule has 0 spiro atoms. The molecule has 0 N–H and O–H groups in total. The maximum Gasteiger partial charge on any atom is 0.409 e. The van der Waals surface area contributed by atoms with Crippen LogP contribution in [0.4, 0.5) is 16.5 Å². The molecule has 0 unspecified atom stereocenters. The number of hydrogen-bond donors (Lipinski definition) is 0. The summed E-state index contributed by atoms with van der Waals surface area (Å²) < 4.78 is 39.9. The molecule has 0 bridgehead atoms. The van der Waals surface area contributed by atoms with Crippen LogP contribution in [-0.2, 0) is 25.8 Å². The predicted octanol–water partition coefficient (Wildman–Crippen LogP) is 3.88. The van der Waals surface area contributed by atoms with Crippen molar-refractivity contribution in [2.75, 3.05) is 38.8 Å². The number of thiazole rings is 1. The summed E-state index contributed by atoms with van der Waals surface area (Å²) in [6.07, 6.45) is 0. The molecular weight excluding hydrogens is 440 g/mol. The van der Waals surface area contributed by atoms with E-state index in [9.17, 15) is 8.42 Å². The first-order chi connectivity index (χ1) is 14.9. The summed E-state index contributed by atoms with van der Waals surface area (Å²) >= 11 is 1.54. The van der Waals surface area contributed by atoms with Gasteiger partial charge in [0.25, 0.3) is 0 Å². The molecule has 0 fully saturated rings. The van der Waals surface area contributed by atoms with Gasteiger partial charge in [0.15, 0.2) is 0 Å². The molecule has 3 aromatic rings. The summed E-state index contributed by atoms with van der Waals surface area (Å²) in [4.78, 5) is 1.99. The number of fused-ring (bicyclic) bond motifs is 1. The fourth-order valence-electron chi connectivity index (χ4n) is 2.94. The van der Waals surface area contributed by atoms with Crippen molar-refractivity contribution in [3.8, 4) is 5.75 Å². The van der Waals surface area contributed by atoms with Crippen molar-refractivity contribution in [3.63, 3.8) is 0 Å². The molecule has 0 aliphatic heterocycles. The van der Waals surface area contributed by atoms with E-state index in [1.54, 1.807) is 7.11 Å². The Morgan fingerprint density at radius 2 is 1.84 bits per heavy atom. The number of anilines is 1. The standard InChI is InChI=1S/C20H25N4O5S2/c1-5-24(12-13-29-31(25,26)28-4)16-8-6-15(7-9-16)21-22-20-23(2)18-11-10-17(27-3)14-19(18)30-20/h6-11,14H,5,12-13H2,1-4H3/q+1. The van der Waals surface area contributed by atoms with Gasteiger partial charge in [-0.2, -0.15) is 8.42 Å². The van der Waals surface area contributed by atoms with Gasteiger partial charge in [0, 0.05) is 24.8 Å². The van der Waals surface area contributed by atoms with Crippen LogP contribution in [0.1, 0.15) is 6.92 Å². The first-order valence-corrected chi connectivity index (χ1v) is 11.7. The molecule has 0 atom stereocenters. The SMILES string of the molecule is CCN(CCOS(=O)(=O)OC)c1ccc(N=Nc2sc3cc(OC)ccc3[n+]2C)cc1.